The van der Waals surface area contributed by atoms with Crippen LogP contribution in [0, 0.1) is 17.0 Å². The van der Waals surface area contributed by atoms with Crippen molar-refractivity contribution in [3.05, 3.63) is 57.4 Å². The van der Waals surface area contributed by atoms with Crippen molar-refractivity contribution in [2.75, 3.05) is 26.2 Å². The highest BCUT2D eigenvalue weighted by molar-refractivity contribution is 5.94. The van der Waals surface area contributed by atoms with Crippen molar-refractivity contribution in [2.24, 2.45) is 0 Å². The predicted octanol–water partition coefficient (Wildman–Crippen LogP) is 2.08. The molecule has 0 unspecified atom stereocenters. The van der Waals surface area contributed by atoms with E-state index in [4.69, 9.17) is 0 Å². The van der Waals surface area contributed by atoms with Gasteiger partial charge in [-0.3, -0.25) is 24.5 Å². The zero-order valence-electron chi connectivity index (χ0n) is 15.1. The van der Waals surface area contributed by atoms with Gasteiger partial charge in [0.1, 0.15) is 0 Å². The Balaban J connectivity index is 1.56. The van der Waals surface area contributed by atoms with Crippen molar-refractivity contribution < 1.29 is 9.72 Å². The van der Waals surface area contributed by atoms with E-state index >= 15 is 0 Å². The minimum atomic E-state index is -0.463. The number of benzene rings is 1. The van der Waals surface area contributed by atoms with Crippen LogP contribution in [0.2, 0.25) is 0 Å². The maximum absolute atomic E-state index is 12.6. The van der Waals surface area contributed by atoms with Gasteiger partial charge in [0.15, 0.2) is 0 Å². The molecular weight excluding hydrogens is 334 g/mol. The number of aryl methyl sites for hydroxylation is 2. The van der Waals surface area contributed by atoms with Gasteiger partial charge < -0.3 is 4.90 Å². The van der Waals surface area contributed by atoms with Crippen molar-refractivity contribution in [3.63, 3.8) is 0 Å². The number of carbonyl (C=O) groups is 1. The van der Waals surface area contributed by atoms with E-state index in [-0.39, 0.29) is 11.6 Å². The number of nitrogens with zero attached hydrogens (tertiary/aromatic N) is 5. The normalized spacial score (nSPS) is 15.2. The van der Waals surface area contributed by atoms with Gasteiger partial charge in [-0.15, -0.1) is 0 Å². The Labute approximate surface area is 152 Å². The number of nitro groups is 1. The standard InChI is InChI=1S/C18H23N5O3/c1-3-22-13-16(14(2)19-22)12-20-8-10-21(11-9-20)18(24)15-4-6-17(7-5-15)23(25)26/h4-7,13H,3,8-12H2,1-2H3. The summed E-state index contributed by atoms with van der Waals surface area (Å²) in [4.78, 5) is 26.9. The molecule has 0 saturated carbocycles. The molecule has 1 saturated heterocycles. The maximum Gasteiger partial charge on any atom is 0.269 e. The first-order valence-electron chi connectivity index (χ1n) is 8.77. The Morgan fingerprint density at radius 3 is 2.38 bits per heavy atom. The molecule has 8 nitrogen and oxygen atoms in total. The molecule has 1 fully saturated rings. The second-order valence-corrected chi connectivity index (χ2v) is 6.47. The molecule has 3 rings (SSSR count). The zero-order chi connectivity index (χ0) is 18.7. The number of rotatable bonds is 5. The van der Waals surface area contributed by atoms with Gasteiger partial charge in [-0.25, -0.2) is 0 Å². The van der Waals surface area contributed by atoms with Gasteiger partial charge in [-0.1, -0.05) is 0 Å². The lowest BCUT2D eigenvalue weighted by molar-refractivity contribution is -0.384. The highest BCUT2D eigenvalue weighted by Gasteiger charge is 2.23. The van der Waals surface area contributed by atoms with E-state index in [1.54, 1.807) is 4.90 Å². The maximum atomic E-state index is 12.6. The largest absolute Gasteiger partial charge is 0.336 e. The predicted molar refractivity (Wildman–Crippen MR) is 96.9 cm³/mol. The van der Waals surface area contributed by atoms with Crippen LogP contribution in [0.15, 0.2) is 30.5 Å². The molecule has 0 bridgehead atoms. The quantitative estimate of drug-likeness (QED) is 0.604. The second kappa shape index (κ2) is 7.65. The Morgan fingerprint density at radius 1 is 1.19 bits per heavy atom. The lowest BCUT2D eigenvalue weighted by atomic mass is 10.1. The number of non-ortho nitro benzene ring substituents is 1. The number of piperazine rings is 1. The number of amides is 1. The van der Waals surface area contributed by atoms with Gasteiger partial charge in [-0.2, -0.15) is 5.10 Å². The molecule has 2 aromatic rings. The number of carbonyl (C=O) groups excluding carboxylic acids is 1. The third kappa shape index (κ3) is 3.91. The SMILES string of the molecule is CCn1cc(CN2CCN(C(=O)c3ccc([N+](=O)[O-])cc3)CC2)c(C)n1. The number of hydrogen-bond acceptors (Lipinski definition) is 5. The fourth-order valence-corrected chi connectivity index (χ4v) is 3.13. The third-order valence-corrected chi connectivity index (χ3v) is 4.75. The molecular formula is C18H23N5O3. The molecule has 1 aliphatic rings. The van der Waals surface area contributed by atoms with Gasteiger partial charge in [0.05, 0.1) is 10.6 Å². The molecule has 1 aliphatic heterocycles. The molecule has 0 aliphatic carbocycles. The smallest absolute Gasteiger partial charge is 0.269 e. The number of hydrogen-bond donors (Lipinski definition) is 0. The molecule has 1 amide bonds. The molecule has 0 spiro atoms. The Morgan fingerprint density at radius 2 is 1.85 bits per heavy atom. The molecule has 8 heteroatoms. The van der Waals surface area contributed by atoms with E-state index in [2.05, 4.69) is 23.1 Å². The van der Waals surface area contributed by atoms with Gasteiger partial charge in [0.2, 0.25) is 0 Å². The molecule has 0 atom stereocenters. The Kier molecular flexibility index (Phi) is 5.32. The van der Waals surface area contributed by atoms with Gasteiger partial charge in [0, 0.05) is 68.7 Å². The molecule has 2 heterocycles. The van der Waals surface area contributed by atoms with Crippen LogP contribution in [0.4, 0.5) is 5.69 Å². The second-order valence-electron chi connectivity index (χ2n) is 6.47. The van der Waals surface area contributed by atoms with Crippen molar-refractivity contribution in [1.82, 2.24) is 19.6 Å². The first-order chi connectivity index (χ1) is 12.5. The first kappa shape index (κ1) is 18.1. The number of nitro benzene ring substituents is 1. The van der Waals surface area contributed by atoms with Gasteiger partial charge in [0.25, 0.3) is 11.6 Å². The average molecular weight is 357 g/mol. The van der Waals surface area contributed by atoms with E-state index in [0.717, 1.165) is 31.9 Å². The van der Waals surface area contributed by atoms with E-state index in [1.165, 1.54) is 29.8 Å². The highest BCUT2D eigenvalue weighted by Crippen LogP contribution is 2.16. The monoisotopic (exact) mass is 357 g/mol. The van der Waals surface area contributed by atoms with Crippen LogP contribution in [0.25, 0.3) is 0 Å². The zero-order valence-corrected chi connectivity index (χ0v) is 15.1. The summed E-state index contributed by atoms with van der Waals surface area (Å²) < 4.78 is 1.94. The van der Waals surface area contributed by atoms with Crippen molar-refractivity contribution in [1.29, 1.82) is 0 Å². The fourth-order valence-electron chi connectivity index (χ4n) is 3.13. The van der Waals surface area contributed by atoms with Crippen LogP contribution in [0.3, 0.4) is 0 Å². The number of aromatic nitrogens is 2. The van der Waals surface area contributed by atoms with Crippen LogP contribution >= 0.6 is 0 Å². The highest BCUT2D eigenvalue weighted by atomic mass is 16.6. The molecule has 1 aromatic carbocycles. The lowest BCUT2D eigenvalue weighted by Gasteiger charge is -2.34. The third-order valence-electron chi connectivity index (χ3n) is 4.75. The van der Waals surface area contributed by atoms with Gasteiger partial charge in [-0.05, 0) is 26.0 Å². The van der Waals surface area contributed by atoms with Crippen molar-refractivity contribution in [2.45, 2.75) is 26.9 Å². The summed E-state index contributed by atoms with van der Waals surface area (Å²) in [5.74, 6) is -0.0745. The molecule has 0 radical (unpaired) electrons. The molecule has 1 aromatic heterocycles. The summed E-state index contributed by atoms with van der Waals surface area (Å²) in [6.07, 6.45) is 2.09. The van der Waals surface area contributed by atoms with E-state index in [0.29, 0.717) is 18.7 Å². The van der Waals surface area contributed by atoms with Crippen molar-refractivity contribution >= 4 is 11.6 Å². The average Bonchev–Trinajstić information content (AvgIpc) is 3.01. The van der Waals surface area contributed by atoms with Crippen LogP contribution < -0.4 is 0 Å². The van der Waals surface area contributed by atoms with Crippen molar-refractivity contribution in [3.8, 4) is 0 Å². The summed E-state index contributed by atoms with van der Waals surface area (Å²) in [5.41, 5.74) is 2.76. The molecule has 0 N–H and O–H groups in total. The molecule has 138 valence electrons. The van der Waals surface area contributed by atoms with E-state index in [9.17, 15) is 14.9 Å². The van der Waals surface area contributed by atoms with Gasteiger partial charge >= 0.3 is 0 Å². The minimum Gasteiger partial charge on any atom is -0.336 e. The van der Waals surface area contributed by atoms with E-state index in [1.807, 2.05) is 11.6 Å². The summed E-state index contributed by atoms with van der Waals surface area (Å²) in [6.45, 7) is 8.69. The molecule has 26 heavy (non-hydrogen) atoms. The fraction of sp³-hybridized carbons (Fsp3) is 0.444. The van der Waals surface area contributed by atoms with Crippen LogP contribution in [-0.2, 0) is 13.1 Å². The Hall–Kier alpha value is -2.74. The van der Waals surface area contributed by atoms with Crippen LogP contribution in [-0.4, -0.2) is 56.6 Å². The summed E-state index contributed by atoms with van der Waals surface area (Å²) >= 11 is 0. The van der Waals surface area contributed by atoms with E-state index < -0.39 is 4.92 Å². The minimum absolute atomic E-state index is 0.00522. The van der Waals surface area contributed by atoms with Crippen LogP contribution in [0.1, 0.15) is 28.5 Å². The summed E-state index contributed by atoms with van der Waals surface area (Å²) in [7, 11) is 0. The lowest BCUT2D eigenvalue weighted by Crippen LogP contribution is -2.48. The summed E-state index contributed by atoms with van der Waals surface area (Å²) in [6, 6.07) is 5.79. The Bertz CT molecular complexity index is 792. The first-order valence-corrected chi connectivity index (χ1v) is 8.77. The van der Waals surface area contributed by atoms with Crippen LogP contribution in [0.5, 0.6) is 0 Å². The topological polar surface area (TPSA) is 84.5 Å². The summed E-state index contributed by atoms with van der Waals surface area (Å²) in [5, 5.41) is 15.2.